The summed E-state index contributed by atoms with van der Waals surface area (Å²) in [6.45, 7) is 6.42. The Bertz CT molecular complexity index is 1290. The van der Waals surface area contributed by atoms with Crippen LogP contribution < -0.4 is 0 Å². The maximum absolute atomic E-state index is 13.3. The third kappa shape index (κ3) is 4.36. The van der Waals surface area contributed by atoms with Crippen LogP contribution in [0.2, 0.25) is 0 Å². The van der Waals surface area contributed by atoms with Crippen molar-refractivity contribution in [1.29, 1.82) is 0 Å². The Balaban J connectivity index is 1.48. The van der Waals surface area contributed by atoms with Crippen molar-refractivity contribution in [3.8, 4) is 5.69 Å². The van der Waals surface area contributed by atoms with Gasteiger partial charge in [0.2, 0.25) is 10.0 Å². The molecule has 0 radical (unpaired) electrons. The fraction of sp³-hybridized carbons (Fsp3) is 0.280. The van der Waals surface area contributed by atoms with Gasteiger partial charge in [-0.3, -0.25) is 9.59 Å². The molecule has 0 spiro atoms. The summed E-state index contributed by atoms with van der Waals surface area (Å²) in [4.78, 5) is 26.6. The molecule has 0 N–H and O–H groups in total. The Morgan fingerprint density at radius 1 is 0.848 bits per heavy atom. The zero-order valence-electron chi connectivity index (χ0n) is 19.0. The van der Waals surface area contributed by atoms with Crippen molar-refractivity contribution < 1.29 is 18.0 Å². The number of carbonyl (C=O) groups is 2. The second-order valence-corrected chi connectivity index (χ2v) is 10.2. The Labute approximate surface area is 194 Å². The van der Waals surface area contributed by atoms with Crippen LogP contribution in [0, 0.1) is 13.8 Å². The molecular weight excluding hydrogens is 438 g/mol. The Morgan fingerprint density at radius 2 is 1.45 bits per heavy atom. The van der Waals surface area contributed by atoms with E-state index in [4.69, 9.17) is 0 Å². The summed E-state index contributed by atoms with van der Waals surface area (Å²) in [6.07, 6.45) is 0. The van der Waals surface area contributed by atoms with Gasteiger partial charge in [-0.1, -0.05) is 30.3 Å². The van der Waals surface area contributed by atoms with Crippen molar-refractivity contribution in [1.82, 2.24) is 13.8 Å². The highest BCUT2D eigenvalue weighted by molar-refractivity contribution is 7.89. The lowest BCUT2D eigenvalue weighted by Gasteiger charge is -2.34. The minimum Gasteiger partial charge on any atom is -0.336 e. The molecule has 1 fully saturated rings. The van der Waals surface area contributed by atoms with Gasteiger partial charge in [0, 0.05) is 48.8 Å². The number of ketones is 1. The highest BCUT2D eigenvalue weighted by atomic mass is 32.2. The van der Waals surface area contributed by atoms with E-state index >= 15 is 0 Å². The van der Waals surface area contributed by atoms with E-state index in [2.05, 4.69) is 4.57 Å². The van der Waals surface area contributed by atoms with Crippen molar-refractivity contribution in [2.75, 3.05) is 26.2 Å². The predicted octanol–water partition coefficient (Wildman–Crippen LogP) is 3.44. The molecule has 2 aromatic carbocycles. The number of para-hydroxylation sites is 1. The van der Waals surface area contributed by atoms with Crippen LogP contribution in [0.15, 0.2) is 65.6 Å². The summed E-state index contributed by atoms with van der Waals surface area (Å²) in [7, 11) is -3.69. The molecule has 8 heteroatoms. The summed E-state index contributed by atoms with van der Waals surface area (Å²) in [6, 6.07) is 17.7. The van der Waals surface area contributed by atoms with Crippen molar-refractivity contribution in [2.45, 2.75) is 25.7 Å². The number of carbonyl (C=O) groups excluding carboxylic acids is 2. The standard InChI is InChI=1S/C25H27N3O4S/c1-18-17-24(19(2)28(18)22-7-5-4-6-8-22)25(30)26-13-15-27(16-14-26)33(31,32)23-11-9-21(10-12-23)20(3)29/h4-12,17H,13-16H2,1-3H3. The maximum Gasteiger partial charge on any atom is 0.255 e. The minimum atomic E-state index is -3.69. The van der Waals surface area contributed by atoms with Crippen molar-refractivity contribution in [3.63, 3.8) is 0 Å². The first-order valence-corrected chi connectivity index (χ1v) is 12.3. The Hall–Kier alpha value is -3.23. The molecule has 0 aliphatic carbocycles. The largest absolute Gasteiger partial charge is 0.336 e. The van der Waals surface area contributed by atoms with Gasteiger partial charge in [0.15, 0.2) is 5.78 Å². The minimum absolute atomic E-state index is 0.0897. The van der Waals surface area contributed by atoms with E-state index in [0.717, 1.165) is 17.1 Å². The molecular formula is C25H27N3O4S. The third-order valence-corrected chi connectivity index (χ3v) is 8.01. The first-order valence-electron chi connectivity index (χ1n) is 10.8. The molecule has 4 rings (SSSR count). The molecule has 2 heterocycles. The Morgan fingerprint density at radius 3 is 2.03 bits per heavy atom. The molecule has 1 aliphatic heterocycles. The fourth-order valence-corrected chi connectivity index (χ4v) is 5.69. The van der Waals surface area contributed by atoms with Gasteiger partial charge in [0.05, 0.1) is 10.5 Å². The molecule has 0 saturated carbocycles. The number of benzene rings is 2. The predicted molar refractivity (Wildman–Crippen MR) is 126 cm³/mol. The molecule has 0 bridgehead atoms. The van der Waals surface area contributed by atoms with Crippen molar-refractivity contribution in [3.05, 3.63) is 83.2 Å². The number of hydrogen-bond donors (Lipinski definition) is 0. The molecule has 0 atom stereocenters. The van der Waals surface area contributed by atoms with Gasteiger partial charge in [-0.05, 0) is 51.1 Å². The van der Waals surface area contributed by atoms with E-state index in [1.807, 2.05) is 50.2 Å². The monoisotopic (exact) mass is 465 g/mol. The number of aromatic nitrogens is 1. The average Bonchev–Trinajstić information content (AvgIpc) is 3.13. The number of hydrogen-bond acceptors (Lipinski definition) is 4. The van der Waals surface area contributed by atoms with Crippen LogP contribution in [0.5, 0.6) is 0 Å². The van der Waals surface area contributed by atoms with E-state index in [-0.39, 0.29) is 29.7 Å². The number of piperazine rings is 1. The van der Waals surface area contributed by atoms with E-state index < -0.39 is 10.0 Å². The number of Topliss-reactive ketones (excluding diaryl/α,β-unsaturated/α-hetero) is 1. The van der Waals surface area contributed by atoms with Gasteiger partial charge in [0.25, 0.3) is 5.91 Å². The summed E-state index contributed by atoms with van der Waals surface area (Å²) in [5.41, 5.74) is 3.93. The summed E-state index contributed by atoms with van der Waals surface area (Å²) >= 11 is 0. The highest BCUT2D eigenvalue weighted by Gasteiger charge is 2.31. The molecule has 1 aromatic heterocycles. The molecule has 1 amide bonds. The van der Waals surface area contributed by atoms with Crippen molar-refractivity contribution >= 4 is 21.7 Å². The van der Waals surface area contributed by atoms with Crippen LogP contribution in [-0.4, -0.2) is 60.1 Å². The Kier molecular flexibility index (Phi) is 6.23. The number of sulfonamides is 1. The zero-order valence-corrected chi connectivity index (χ0v) is 19.8. The van der Waals surface area contributed by atoms with Gasteiger partial charge in [0.1, 0.15) is 0 Å². The van der Waals surface area contributed by atoms with Gasteiger partial charge in [-0.25, -0.2) is 8.42 Å². The summed E-state index contributed by atoms with van der Waals surface area (Å²) in [5, 5.41) is 0. The molecule has 33 heavy (non-hydrogen) atoms. The zero-order chi connectivity index (χ0) is 23.8. The summed E-state index contributed by atoms with van der Waals surface area (Å²) < 4.78 is 29.5. The molecule has 1 aliphatic rings. The number of amides is 1. The first-order chi connectivity index (χ1) is 15.7. The van der Waals surface area contributed by atoms with E-state index in [1.165, 1.54) is 35.5 Å². The molecule has 0 unspecified atom stereocenters. The van der Waals surface area contributed by atoms with E-state index in [0.29, 0.717) is 24.2 Å². The van der Waals surface area contributed by atoms with Gasteiger partial charge >= 0.3 is 0 Å². The smallest absolute Gasteiger partial charge is 0.255 e. The second kappa shape index (κ2) is 8.96. The lowest BCUT2D eigenvalue weighted by Crippen LogP contribution is -2.50. The SMILES string of the molecule is CC(=O)c1ccc(S(=O)(=O)N2CCN(C(=O)c3cc(C)n(-c4ccccc4)c3C)CC2)cc1. The molecule has 1 saturated heterocycles. The number of aryl methyl sites for hydroxylation is 1. The number of nitrogens with zero attached hydrogens (tertiary/aromatic N) is 3. The average molecular weight is 466 g/mol. The van der Waals surface area contributed by atoms with E-state index in [1.54, 1.807) is 4.90 Å². The normalized spacial score (nSPS) is 14.9. The summed E-state index contributed by atoms with van der Waals surface area (Å²) in [5.74, 6) is -0.203. The maximum atomic E-state index is 13.3. The van der Waals surface area contributed by atoms with Crippen molar-refractivity contribution in [2.24, 2.45) is 0 Å². The highest BCUT2D eigenvalue weighted by Crippen LogP contribution is 2.24. The van der Waals surface area contributed by atoms with Gasteiger partial charge in [-0.2, -0.15) is 4.31 Å². The van der Waals surface area contributed by atoms with E-state index in [9.17, 15) is 18.0 Å². The lowest BCUT2D eigenvalue weighted by molar-refractivity contribution is 0.0697. The van der Waals surface area contributed by atoms with Crippen LogP contribution in [0.1, 0.15) is 39.0 Å². The molecule has 3 aromatic rings. The van der Waals surface area contributed by atoms with Crippen LogP contribution in [0.3, 0.4) is 0 Å². The quantitative estimate of drug-likeness (QED) is 0.541. The van der Waals surface area contributed by atoms with Crippen LogP contribution in [0.25, 0.3) is 5.69 Å². The van der Waals surface area contributed by atoms with Gasteiger partial charge < -0.3 is 9.47 Å². The number of rotatable bonds is 5. The molecule has 7 nitrogen and oxygen atoms in total. The van der Waals surface area contributed by atoms with Crippen LogP contribution >= 0.6 is 0 Å². The molecule has 172 valence electrons. The third-order valence-electron chi connectivity index (χ3n) is 6.10. The topological polar surface area (TPSA) is 79.7 Å². The fourth-order valence-electron chi connectivity index (χ4n) is 4.27. The second-order valence-electron chi connectivity index (χ2n) is 8.23. The van der Waals surface area contributed by atoms with Gasteiger partial charge in [-0.15, -0.1) is 0 Å². The van der Waals surface area contributed by atoms with Crippen LogP contribution in [-0.2, 0) is 10.0 Å². The van der Waals surface area contributed by atoms with Crippen LogP contribution in [0.4, 0.5) is 0 Å². The lowest BCUT2D eigenvalue weighted by atomic mass is 10.2. The first kappa shape index (κ1) is 22.9.